The van der Waals surface area contributed by atoms with Crippen LogP contribution >= 0.6 is 95.6 Å². The summed E-state index contributed by atoms with van der Waals surface area (Å²) in [6.45, 7) is 2.17. The van der Waals surface area contributed by atoms with Gasteiger partial charge in [-0.2, -0.15) is 0 Å². The largest absolute Gasteiger partial charge is 0.453 e. The van der Waals surface area contributed by atoms with Crippen LogP contribution < -0.4 is 4.74 Å². The average Bonchev–Trinajstić information content (AvgIpc) is 2.61. The molecule has 148 valence electrons. The quantitative estimate of drug-likeness (QED) is 0.288. The summed E-state index contributed by atoms with van der Waals surface area (Å²) >= 11 is 20.8. The number of benzene rings is 3. The van der Waals surface area contributed by atoms with Crippen molar-refractivity contribution in [3.63, 3.8) is 0 Å². The molecule has 1 N–H and O–H groups in total. The number of aryl methyl sites for hydroxylation is 1. The molecule has 3 aromatic rings. The molecule has 0 heterocycles. The fourth-order valence-corrected chi connectivity index (χ4v) is 6.89. The van der Waals surface area contributed by atoms with Gasteiger partial charge in [0.2, 0.25) is 0 Å². The third-order valence-electron chi connectivity index (χ3n) is 3.43. The standard InChI is InChI=1S/C12H4Br6O.C8H10O/c13-5-1-7(15)11(8(16)2-5)19-12-9(17)3-6(14)4-10(12)18;1-7-2-4-8(6-9)5-3-7/h1-4H;2-5,9H,6H2,1H3. The minimum absolute atomic E-state index is 0.139. The Labute approximate surface area is 214 Å². The number of hydrogen-bond acceptors (Lipinski definition) is 2. The van der Waals surface area contributed by atoms with E-state index >= 15 is 0 Å². The molecule has 8 heteroatoms. The molecule has 3 aromatic carbocycles. The number of aliphatic hydroxyl groups is 1. The molecular weight excluding hydrogens is 752 g/mol. The lowest BCUT2D eigenvalue weighted by Crippen LogP contribution is -1.90. The van der Waals surface area contributed by atoms with Gasteiger partial charge < -0.3 is 9.84 Å². The Balaban J connectivity index is 0.000000261. The molecule has 0 atom stereocenters. The van der Waals surface area contributed by atoms with Gasteiger partial charge in [-0.3, -0.25) is 0 Å². The molecular formula is C20H14Br6O2. The molecule has 0 aliphatic rings. The second-order valence-electron chi connectivity index (χ2n) is 5.64. The van der Waals surface area contributed by atoms with E-state index in [4.69, 9.17) is 9.84 Å². The monoisotopic (exact) mass is 760 g/mol. The van der Waals surface area contributed by atoms with Gasteiger partial charge in [-0.15, -0.1) is 0 Å². The molecule has 0 saturated heterocycles. The highest BCUT2D eigenvalue weighted by Crippen LogP contribution is 2.44. The van der Waals surface area contributed by atoms with Gasteiger partial charge in [-0.25, -0.2) is 0 Å². The van der Waals surface area contributed by atoms with Crippen LogP contribution in [0, 0.1) is 6.92 Å². The van der Waals surface area contributed by atoms with Crippen molar-refractivity contribution in [3.05, 3.63) is 86.5 Å². The molecule has 28 heavy (non-hydrogen) atoms. The number of hydrogen-bond donors (Lipinski definition) is 1. The first kappa shape index (κ1) is 24.6. The smallest absolute Gasteiger partial charge is 0.155 e. The number of rotatable bonds is 3. The normalized spacial score (nSPS) is 10.3. The minimum Gasteiger partial charge on any atom is -0.453 e. The molecule has 0 amide bonds. The second kappa shape index (κ2) is 11.6. The first-order chi connectivity index (χ1) is 13.2. The van der Waals surface area contributed by atoms with Crippen molar-refractivity contribution in [1.82, 2.24) is 0 Å². The van der Waals surface area contributed by atoms with Gasteiger partial charge in [0.25, 0.3) is 0 Å². The Morgan fingerprint density at radius 3 is 1.36 bits per heavy atom. The van der Waals surface area contributed by atoms with Crippen molar-refractivity contribution in [2.75, 3.05) is 0 Å². The molecule has 0 bridgehead atoms. The van der Waals surface area contributed by atoms with Crippen molar-refractivity contribution in [1.29, 1.82) is 0 Å². The Bertz CT molecular complexity index is 856. The van der Waals surface area contributed by atoms with Crippen LogP contribution in [0.25, 0.3) is 0 Å². The predicted molar refractivity (Wildman–Crippen MR) is 136 cm³/mol. The van der Waals surface area contributed by atoms with Crippen LogP contribution in [0.1, 0.15) is 11.1 Å². The van der Waals surface area contributed by atoms with Crippen molar-refractivity contribution < 1.29 is 9.84 Å². The van der Waals surface area contributed by atoms with E-state index in [9.17, 15) is 0 Å². The lowest BCUT2D eigenvalue weighted by molar-refractivity contribution is 0.282. The Morgan fingerprint density at radius 1 is 0.679 bits per heavy atom. The van der Waals surface area contributed by atoms with Gasteiger partial charge in [-0.1, -0.05) is 61.7 Å². The van der Waals surface area contributed by atoms with Crippen LogP contribution in [0.15, 0.2) is 75.4 Å². The summed E-state index contributed by atoms with van der Waals surface area (Å²) in [4.78, 5) is 0. The fourth-order valence-electron chi connectivity index (χ4n) is 2.05. The lowest BCUT2D eigenvalue weighted by atomic mass is 10.2. The molecule has 0 aromatic heterocycles. The maximum atomic E-state index is 8.63. The van der Waals surface area contributed by atoms with E-state index in [0.29, 0.717) is 11.5 Å². The molecule has 0 unspecified atom stereocenters. The SMILES string of the molecule is Brc1cc(Br)c(Oc2c(Br)cc(Br)cc2Br)c(Br)c1.Cc1ccc(CO)cc1. The first-order valence-electron chi connectivity index (χ1n) is 7.84. The molecule has 0 aliphatic carbocycles. The highest BCUT2D eigenvalue weighted by Gasteiger charge is 2.14. The van der Waals surface area contributed by atoms with E-state index in [1.807, 2.05) is 55.5 Å². The number of halogens is 6. The molecule has 2 nitrogen and oxygen atoms in total. The summed E-state index contributed by atoms with van der Waals surface area (Å²) in [5.41, 5.74) is 2.20. The Morgan fingerprint density at radius 2 is 1.04 bits per heavy atom. The third-order valence-corrected chi connectivity index (χ3v) is 6.71. The molecule has 0 radical (unpaired) electrons. The Hall–Kier alpha value is 0.300. The Kier molecular flexibility index (Phi) is 10.2. The highest BCUT2D eigenvalue weighted by molar-refractivity contribution is 9.12. The van der Waals surface area contributed by atoms with E-state index in [1.165, 1.54) is 5.56 Å². The van der Waals surface area contributed by atoms with Crippen molar-refractivity contribution in [2.45, 2.75) is 13.5 Å². The van der Waals surface area contributed by atoms with Crippen LogP contribution in [-0.4, -0.2) is 5.11 Å². The van der Waals surface area contributed by atoms with Crippen LogP contribution in [0.2, 0.25) is 0 Å². The topological polar surface area (TPSA) is 29.5 Å². The van der Waals surface area contributed by atoms with Crippen molar-refractivity contribution in [2.24, 2.45) is 0 Å². The minimum atomic E-state index is 0.139. The maximum Gasteiger partial charge on any atom is 0.155 e. The number of aliphatic hydroxyl groups excluding tert-OH is 1. The van der Waals surface area contributed by atoms with E-state index < -0.39 is 0 Å². The van der Waals surface area contributed by atoms with Gasteiger partial charge >= 0.3 is 0 Å². The maximum absolute atomic E-state index is 8.63. The molecule has 0 spiro atoms. The zero-order chi connectivity index (χ0) is 20.8. The van der Waals surface area contributed by atoms with Gasteiger partial charge in [0.1, 0.15) is 0 Å². The van der Waals surface area contributed by atoms with Crippen molar-refractivity contribution >= 4 is 95.6 Å². The fraction of sp³-hybridized carbons (Fsp3) is 0.100. The van der Waals surface area contributed by atoms with Crippen LogP contribution in [0.3, 0.4) is 0 Å². The van der Waals surface area contributed by atoms with E-state index in [-0.39, 0.29) is 6.61 Å². The van der Waals surface area contributed by atoms with E-state index in [2.05, 4.69) is 95.6 Å². The average molecular weight is 766 g/mol. The summed E-state index contributed by atoms with van der Waals surface area (Å²) in [6, 6.07) is 15.6. The van der Waals surface area contributed by atoms with Gasteiger partial charge in [0, 0.05) is 8.95 Å². The van der Waals surface area contributed by atoms with E-state index in [0.717, 1.165) is 32.4 Å². The summed E-state index contributed by atoms with van der Waals surface area (Å²) in [6.07, 6.45) is 0. The molecule has 3 rings (SSSR count). The van der Waals surface area contributed by atoms with Gasteiger partial charge in [0.15, 0.2) is 11.5 Å². The molecule has 0 fully saturated rings. The predicted octanol–water partition coefficient (Wildman–Crippen LogP) is 9.54. The zero-order valence-corrected chi connectivity index (χ0v) is 24.0. The summed E-state index contributed by atoms with van der Waals surface area (Å²) in [5, 5.41) is 8.63. The van der Waals surface area contributed by atoms with Gasteiger partial charge in [0.05, 0.1) is 24.5 Å². The van der Waals surface area contributed by atoms with Crippen LogP contribution in [0.5, 0.6) is 11.5 Å². The molecule has 0 aliphatic heterocycles. The summed E-state index contributed by atoms with van der Waals surface area (Å²) in [7, 11) is 0. The lowest BCUT2D eigenvalue weighted by Gasteiger charge is -2.13. The van der Waals surface area contributed by atoms with Crippen LogP contribution in [0.4, 0.5) is 0 Å². The van der Waals surface area contributed by atoms with E-state index in [1.54, 1.807) is 0 Å². The zero-order valence-electron chi connectivity index (χ0n) is 14.4. The summed E-state index contributed by atoms with van der Waals surface area (Å²) in [5.74, 6) is 1.43. The summed E-state index contributed by atoms with van der Waals surface area (Å²) < 4.78 is 11.3. The first-order valence-corrected chi connectivity index (χ1v) is 12.6. The van der Waals surface area contributed by atoms with Gasteiger partial charge in [-0.05, 0) is 100 Å². The second-order valence-corrected chi connectivity index (χ2v) is 10.9. The highest BCUT2D eigenvalue weighted by atomic mass is 79.9. The van der Waals surface area contributed by atoms with Crippen molar-refractivity contribution in [3.8, 4) is 11.5 Å². The third kappa shape index (κ3) is 7.22. The molecule has 0 saturated carbocycles. The van der Waals surface area contributed by atoms with Crippen LogP contribution in [-0.2, 0) is 6.61 Å². The number of ether oxygens (including phenoxy) is 1.